The van der Waals surface area contributed by atoms with Crippen LogP contribution in [0.25, 0.3) is 10.4 Å². The van der Waals surface area contributed by atoms with Gasteiger partial charge in [-0.3, -0.25) is 4.90 Å². The summed E-state index contributed by atoms with van der Waals surface area (Å²) in [5, 5.41) is 11.9. The Bertz CT molecular complexity index is 804. The summed E-state index contributed by atoms with van der Waals surface area (Å²) in [5.74, 6) is 0.00378. The molecule has 5 rings (SSSR count). The minimum atomic E-state index is -0.973. The van der Waals surface area contributed by atoms with Crippen LogP contribution in [0, 0.1) is 11.7 Å². The highest BCUT2D eigenvalue weighted by molar-refractivity contribution is 9.10. The molecule has 0 saturated carbocycles. The van der Waals surface area contributed by atoms with Crippen LogP contribution in [0.2, 0.25) is 0 Å². The largest absolute Gasteiger partial charge is 0.465 e. The Balaban J connectivity index is 1.81. The molecule has 3 fully saturated rings. The summed E-state index contributed by atoms with van der Waals surface area (Å²) in [5.41, 5.74) is 1.19. The van der Waals surface area contributed by atoms with Gasteiger partial charge >= 0.3 is 6.09 Å². The second-order valence-corrected chi connectivity index (χ2v) is 8.39. The number of hydrogen-bond donors (Lipinski definition) is 1. The van der Waals surface area contributed by atoms with Gasteiger partial charge in [0.15, 0.2) is 0 Å². The standard InChI is InChI=1S/C18H18BrFN2O2S/c19-14-5-8-25-17(14)13-9-12(20)1-2-15(13)22(18(23)24)16-10-21-6-3-11(16)4-7-21/h1-2,5,8-9,11,16H,3-4,6-7,10H2,(H,23,24)/t16-/m0/s1. The Morgan fingerprint density at radius 2 is 2.08 bits per heavy atom. The van der Waals surface area contributed by atoms with Crippen molar-refractivity contribution < 1.29 is 14.3 Å². The smallest absolute Gasteiger partial charge is 0.412 e. The van der Waals surface area contributed by atoms with Crippen molar-refractivity contribution in [2.24, 2.45) is 5.92 Å². The van der Waals surface area contributed by atoms with E-state index in [0.717, 1.165) is 41.8 Å². The van der Waals surface area contributed by atoms with E-state index in [1.165, 1.54) is 28.4 Å². The van der Waals surface area contributed by atoms with Crippen molar-refractivity contribution in [1.29, 1.82) is 0 Å². The summed E-state index contributed by atoms with van der Waals surface area (Å²) in [6.07, 6.45) is 1.07. The SMILES string of the molecule is O=C(O)N(c1ccc(F)cc1-c1sccc1Br)[C@H]1CN2CCC1CC2. The first kappa shape index (κ1) is 17.0. The number of nitrogens with zero attached hydrogens (tertiary/aromatic N) is 2. The zero-order chi connectivity index (χ0) is 17.6. The molecular weight excluding hydrogens is 407 g/mol. The molecule has 1 N–H and O–H groups in total. The van der Waals surface area contributed by atoms with Crippen molar-refractivity contribution >= 4 is 39.0 Å². The van der Waals surface area contributed by atoms with Gasteiger partial charge in [-0.2, -0.15) is 0 Å². The molecule has 0 aliphatic carbocycles. The molecule has 3 aliphatic heterocycles. The van der Waals surface area contributed by atoms with E-state index >= 15 is 0 Å². The molecule has 0 unspecified atom stereocenters. The first-order valence-electron chi connectivity index (χ1n) is 8.32. The van der Waals surface area contributed by atoms with Crippen LogP contribution in [0.15, 0.2) is 34.1 Å². The lowest BCUT2D eigenvalue weighted by molar-refractivity contribution is 0.0838. The van der Waals surface area contributed by atoms with Gasteiger partial charge in [-0.25, -0.2) is 9.18 Å². The monoisotopic (exact) mass is 424 g/mol. The highest BCUT2D eigenvalue weighted by atomic mass is 79.9. The Morgan fingerprint density at radius 1 is 1.32 bits per heavy atom. The molecule has 1 aromatic heterocycles. The van der Waals surface area contributed by atoms with E-state index in [2.05, 4.69) is 20.8 Å². The summed E-state index contributed by atoms with van der Waals surface area (Å²) in [6, 6.07) is 6.19. The van der Waals surface area contributed by atoms with Crippen LogP contribution in [0.4, 0.5) is 14.9 Å². The van der Waals surface area contributed by atoms with Crippen molar-refractivity contribution in [3.05, 3.63) is 39.9 Å². The highest BCUT2D eigenvalue weighted by Gasteiger charge is 2.40. The molecule has 25 heavy (non-hydrogen) atoms. The minimum Gasteiger partial charge on any atom is -0.465 e. The fourth-order valence-electron chi connectivity index (χ4n) is 4.04. The molecule has 3 saturated heterocycles. The molecule has 2 aromatic rings. The maximum absolute atomic E-state index is 13.9. The van der Waals surface area contributed by atoms with E-state index in [-0.39, 0.29) is 11.9 Å². The number of anilines is 1. The summed E-state index contributed by atoms with van der Waals surface area (Å²) >= 11 is 4.96. The van der Waals surface area contributed by atoms with E-state index < -0.39 is 6.09 Å². The van der Waals surface area contributed by atoms with Gasteiger partial charge in [0.05, 0.1) is 16.6 Å². The number of amides is 1. The maximum Gasteiger partial charge on any atom is 0.412 e. The van der Waals surface area contributed by atoms with Crippen LogP contribution in [0.3, 0.4) is 0 Å². The van der Waals surface area contributed by atoms with Gasteiger partial charge in [-0.05, 0) is 77.4 Å². The third-order valence-corrected chi connectivity index (χ3v) is 7.11. The third kappa shape index (κ3) is 3.09. The molecule has 0 radical (unpaired) electrons. The van der Waals surface area contributed by atoms with E-state index in [9.17, 15) is 14.3 Å². The van der Waals surface area contributed by atoms with Crippen molar-refractivity contribution in [1.82, 2.24) is 4.90 Å². The average molecular weight is 425 g/mol. The average Bonchev–Trinajstić information content (AvgIpc) is 3.03. The summed E-state index contributed by atoms with van der Waals surface area (Å²) in [6.45, 7) is 2.84. The molecule has 4 nitrogen and oxygen atoms in total. The number of rotatable bonds is 3. The number of hydrogen-bond acceptors (Lipinski definition) is 3. The summed E-state index contributed by atoms with van der Waals surface area (Å²) in [7, 11) is 0. The molecule has 3 aliphatic rings. The molecule has 132 valence electrons. The van der Waals surface area contributed by atoms with Gasteiger partial charge in [0.25, 0.3) is 0 Å². The Morgan fingerprint density at radius 3 is 2.64 bits per heavy atom. The number of benzene rings is 1. The zero-order valence-electron chi connectivity index (χ0n) is 13.5. The predicted octanol–water partition coefficient (Wildman–Crippen LogP) is 4.90. The number of fused-ring (bicyclic) bond motifs is 3. The van der Waals surface area contributed by atoms with Crippen LogP contribution in [-0.4, -0.2) is 41.8 Å². The Hall–Kier alpha value is -1.44. The number of carbonyl (C=O) groups is 1. The Kier molecular flexibility index (Phi) is 4.56. The van der Waals surface area contributed by atoms with Crippen LogP contribution in [0.5, 0.6) is 0 Å². The number of carboxylic acid groups (broad SMARTS) is 1. The predicted molar refractivity (Wildman–Crippen MR) is 101 cm³/mol. The fourth-order valence-corrected chi connectivity index (χ4v) is 5.65. The van der Waals surface area contributed by atoms with Crippen molar-refractivity contribution in [3.63, 3.8) is 0 Å². The molecular formula is C18H18BrFN2O2S. The van der Waals surface area contributed by atoms with Gasteiger partial charge in [0.2, 0.25) is 0 Å². The lowest BCUT2D eigenvalue weighted by Crippen LogP contribution is -2.58. The molecule has 7 heteroatoms. The second-order valence-electron chi connectivity index (χ2n) is 6.62. The van der Waals surface area contributed by atoms with Gasteiger partial charge < -0.3 is 10.0 Å². The third-order valence-electron chi connectivity index (χ3n) is 5.24. The van der Waals surface area contributed by atoms with Crippen LogP contribution >= 0.6 is 27.3 Å². The minimum absolute atomic E-state index is 0.0806. The van der Waals surface area contributed by atoms with Crippen molar-refractivity contribution in [3.8, 4) is 10.4 Å². The molecule has 1 atom stereocenters. The first-order chi connectivity index (χ1) is 12.0. The molecule has 1 aromatic carbocycles. The quantitative estimate of drug-likeness (QED) is 0.761. The van der Waals surface area contributed by atoms with Crippen molar-refractivity contribution in [2.45, 2.75) is 18.9 Å². The van der Waals surface area contributed by atoms with E-state index in [4.69, 9.17) is 0 Å². The molecule has 0 spiro atoms. The number of piperidine rings is 3. The van der Waals surface area contributed by atoms with Crippen LogP contribution in [0.1, 0.15) is 12.8 Å². The maximum atomic E-state index is 13.9. The van der Waals surface area contributed by atoms with Gasteiger partial charge in [-0.15, -0.1) is 11.3 Å². The molecule has 4 heterocycles. The van der Waals surface area contributed by atoms with Gasteiger partial charge in [-0.1, -0.05) is 0 Å². The normalized spacial score (nSPS) is 25.1. The number of halogens is 2. The van der Waals surface area contributed by atoms with E-state index in [1.54, 1.807) is 6.07 Å². The fraction of sp³-hybridized carbons (Fsp3) is 0.389. The van der Waals surface area contributed by atoms with Crippen LogP contribution < -0.4 is 4.90 Å². The highest BCUT2D eigenvalue weighted by Crippen LogP contribution is 2.42. The first-order valence-corrected chi connectivity index (χ1v) is 9.99. The zero-order valence-corrected chi connectivity index (χ0v) is 15.9. The van der Waals surface area contributed by atoms with Crippen molar-refractivity contribution in [2.75, 3.05) is 24.5 Å². The van der Waals surface area contributed by atoms with Crippen LogP contribution in [-0.2, 0) is 0 Å². The van der Waals surface area contributed by atoms with E-state index in [0.29, 0.717) is 17.2 Å². The lowest BCUT2D eigenvalue weighted by atomic mass is 9.83. The van der Waals surface area contributed by atoms with E-state index in [1.807, 2.05) is 11.4 Å². The Labute approximate surface area is 158 Å². The second kappa shape index (κ2) is 6.70. The van der Waals surface area contributed by atoms with Gasteiger partial charge in [0, 0.05) is 16.6 Å². The summed E-state index contributed by atoms with van der Waals surface area (Å²) < 4.78 is 14.8. The molecule has 1 amide bonds. The van der Waals surface area contributed by atoms with Gasteiger partial charge in [0.1, 0.15) is 5.82 Å². The molecule has 2 bridgehead atoms. The summed E-state index contributed by atoms with van der Waals surface area (Å²) in [4.78, 5) is 16.8. The number of thiophene rings is 1. The lowest BCUT2D eigenvalue weighted by Gasteiger charge is -2.48. The topological polar surface area (TPSA) is 43.8 Å².